The van der Waals surface area contributed by atoms with Crippen molar-refractivity contribution >= 4 is 33.4 Å². The van der Waals surface area contributed by atoms with Crippen LogP contribution in [0.3, 0.4) is 0 Å². The van der Waals surface area contributed by atoms with Crippen molar-refractivity contribution in [1.82, 2.24) is 15.3 Å². The summed E-state index contributed by atoms with van der Waals surface area (Å²) < 4.78 is 0.969. The Morgan fingerprint density at radius 1 is 1.29 bits per heavy atom. The summed E-state index contributed by atoms with van der Waals surface area (Å²) in [5.74, 6) is -0.751. The number of aromatic nitrogens is 2. The molecule has 108 valence electrons. The topological polar surface area (TPSA) is 84.0 Å². The predicted molar refractivity (Wildman–Crippen MR) is 81.9 cm³/mol. The second-order valence-corrected chi connectivity index (χ2v) is 5.14. The fourth-order valence-corrected chi connectivity index (χ4v) is 1.84. The van der Waals surface area contributed by atoms with E-state index in [0.717, 1.165) is 10.0 Å². The SMILES string of the molecule is Cc1cc(NC(=O)CNC(=O)c2cnccn2)ccc1Br. The molecule has 0 saturated carbocycles. The molecule has 0 spiro atoms. The highest BCUT2D eigenvalue weighted by Crippen LogP contribution is 2.19. The summed E-state index contributed by atoms with van der Waals surface area (Å²) in [6.45, 7) is 1.79. The number of carbonyl (C=O) groups excluding carboxylic acids is 2. The van der Waals surface area contributed by atoms with Gasteiger partial charge in [-0.2, -0.15) is 0 Å². The van der Waals surface area contributed by atoms with Crippen LogP contribution < -0.4 is 10.6 Å². The number of carbonyl (C=O) groups is 2. The smallest absolute Gasteiger partial charge is 0.271 e. The molecule has 0 bridgehead atoms. The summed E-state index contributed by atoms with van der Waals surface area (Å²) in [6.07, 6.45) is 4.23. The lowest BCUT2D eigenvalue weighted by Gasteiger charge is -2.08. The molecule has 2 amide bonds. The van der Waals surface area contributed by atoms with Crippen LogP contribution in [0.5, 0.6) is 0 Å². The second-order valence-electron chi connectivity index (χ2n) is 4.29. The van der Waals surface area contributed by atoms with E-state index in [1.807, 2.05) is 19.1 Å². The van der Waals surface area contributed by atoms with Gasteiger partial charge in [-0.15, -0.1) is 0 Å². The molecule has 0 atom stereocenters. The highest BCUT2D eigenvalue weighted by atomic mass is 79.9. The van der Waals surface area contributed by atoms with Crippen LogP contribution in [0, 0.1) is 6.92 Å². The fourth-order valence-electron chi connectivity index (χ4n) is 1.60. The van der Waals surface area contributed by atoms with Crippen LogP contribution in [0.15, 0.2) is 41.3 Å². The van der Waals surface area contributed by atoms with E-state index in [-0.39, 0.29) is 18.1 Å². The van der Waals surface area contributed by atoms with Crippen molar-refractivity contribution < 1.29 is 9.59 Å². The number of amides is 2. The number of benzene rings is 1. The summed E-state index contributed by atoms with van der Waals surface area (Å²) in [7, 11) is 0. The molecule has 0 radical (unpaired) electrons. The van der Waals surface area contributed by atoms with Gasteiger partial charge in [0.2, 0.25) is 5.91 Å². The Balaban J connectivity index is 1.87. The summed E-state index contributed by atoms with van der Waals surface area (Å²) in [5.41, 5.74) is 1.86. The molecule has 0 saturated heterocycles. The Morgan fingerprint density at radius 2 is 2.10 bits per heavy atom. The van der Waals surface area contributed by atoms with Crippen molar-refractivity contribution in [2.75, 3.05) is 11.9 Å². The van der Waals surface area contributed by atoms with Crippen LogP contribution in [0.4, 0.5) is 5.69 Å². The van der Waals surface area contributed by atoms with Crippen molar-refractivity contribution in [1.29, 1.82) is 0 Å². The third kappa shape index (κ3) is 4.35. The van der Waals surface area contributed by atoms with Gasteiger partial charge in [0, 0.05) is 22.6 Å². The van der Waals surface area contributed by atoms with E-state index in [1.165, 1.54) is 18.6 Å². The average Bonchev–Trinajstić information content (AvgIpc) is 2.49. The van der Waals surface area contributed by atoms with Crippen molar-refractivity contribution in [3.8, 4) is 0 Å². The maximum Gasteiger partial charge on any atom is 0.271 e. The lowest BCUT2D eigenvalue weighted by molar-refractivity contribution is -0.115. The molecule has 7 heteroatoms. The molecule has 2 rings (SSSR count). The average molecular weight is 349 g/mol. The third-order valence-corrected chi connectivity index (χ3v) is 3.54. The molecule has 0 aliphatic carbocycles. The molecule has 2 aromatic rings. The van der Waals surface area contributed by atoms with Gasteiger partial charge in [-0.05, 0) is 30.7 Å². The van der Waals surface area contributed by atoms with Gasteiger partial charge < -0.3 is 10.6 Å². The zero-order valence-electron chi connectivity index (χ0n) is 11.3. The molecule has 0 aliphatic heterocycles. The van der Waals surface area contributed by atoms with Gasteiger partial charge in [0.15, 0.2) is 0 Å². The van der Waals surface area contributed by atoms with Crippen LogP contribution in [0.1, 0.15) is 16.1 Å². The molecule has 0 fully saturated rings. The molecule has 1 aromatic carbocycles. The molecule has 2 N–H and O–H groups in total. The van der Waals surface area contributed by atoms with Crippen molar-refractivity contribution in [3.63, 3.8) is 0 Å². The Morgan fingerprint density at radius 3 is 2.76 bits per heavy atom. The first kappa shape index (κ1) is 15.1. The molecule has 6 nitrogen and oxygen atoms in total. The van der Waals surface area contributed by atoms with Gasteiger partial charge in [0.05, 0.1) is 12.7 Å². The van der Waals surface area contributed by atoms with E-state index in [2.05, 4.69) is 36.5 Å². The zero-order valence-corrected chi connectivity index (χ0v) is 12.8. The first-order valence-corrected chi connectivity index (χ1v) is 6.96. The highest BCUT2D eigenvalue weighted by molar-refractivity contribution is 9.10. The molecule has 0 unspecified atom stereocenters. The number of rotatable bonds is 4. The number of nitrogens with one attached hydrogen (secondary N) is 2. The van der Waals surface area contributed by atoms with Crippen molar-refractivity contribution in [2.24, 2.45) is 0 Å². The minimum Gasteiger partial charge on any atom is -0.342 e. The Hall–Kier alpha value is -2.28. The summed E-state index contributed by atoms with van der Waals surface area (Å²) in [6, 6.07) is 5.47. The van der Waals surface area contributed by atoms with E-state index < -0.39 is 5.91 Å². The monoisotopic (exact) mass is 348 g/mol. The van der Waals surface area contributed by atoms with Crippen LogP contribution >= 0.6 is 15.9 Å². The minimum absolute atomic E-state index is 0.134. The standard InChI is InChI=1S/C14H13BrN4O2/c1-9-6-10(2-3-11(9)15)19-13(20)8-18-14(21)12-7-16-4-5-17-12/h2-7H,8H2,1H3,(H,18,21)(H,19,20). The van der Waals surface area contributed by atoms with Crippen LogP contribution in [0.25, 0.3) is 0 Å². The fraction of sp³-hybridized carbons (Fsp3) is 0.143. The third-order valence-electron chi connectivity index (χ3n) is 2.65. The molecular formula is C14H13BrN4O2. The Kier molecular flexibility index (Phi) is 4.99. The summed E-state index contributed by atoms with van der Waals surface area (Å²) in [5, 5.41) is 5.19. The lowest BCUT2D eigenvalue weighted by atomic mass is 10.2. The van der Waals surface area contributed by atoms with Gasteiger partial charge in [0.1, 0.15) is 5.69 Å². The van der Waals surface area contributed by atoms with Gasteiger partial charge in [-0.1, -0.05) is 15.9 Å². The number of halogens is 1. The lowest BCUT2D eigenvalue weighted by Crippen LogP contribution is -2.33. The van der Waals surface area contributed by atoms with E-state index in [0.29, 0.717) is 5.69 Å². The number of hydrogen-bond acceptors (Lipinski definition) is 4. The van der Waals surface area contributed by atoms with Crippen molar-refractivity contribution in [3.05, 3.63) is 52.5 Å². The molecule has 0 aliphatic rings. The molecule has 1 aromatic heterocycles. The van der Waals surface area contributed by atoms with Gasteiger partial charge in [-0.25, -0.2) is 4.98 Å². The maximum atomic E-state index is 11.8. The van der Waals surface area contributed by atoms with Crippen LogP contribution in [-0.4, -0.2) is 28.3 Å². The second kappa shape index (κ2) is 6.94. The highest BCUT2D eigenvalue weighted by Gasteiger charge is 2.09. The normalized spacial score (nSPS) is 10.0. The zero-order chi connectivity index (χ0) is 15.2. The molecular weight excluding hydrogens is 336 g/mol. The van der Waals surface area contributed by atoms with Gasteiger partial charge in [0.25, 0.3) is 5.91 Å². The number of aryl methyl sites for hydroxylation is 1. The van der Waals surface area contributed by atoms with Crippen LogP contribution in [0.2, 0.25) is 0 Å². The number of anilines is 1. The minimum atomic E-state index is -0.440. The van der Waals surface area contributed by atoms with Crippen molar-refractivity contribution in [2.45, 2.75) is 6.92 Å². The van der Waals surface area contributed by atoms with E-state index in [4.69, 9.17) is 0 Å². The Labute approximate surface area is 130 Å². The van der Waals surface area contributed by atoms with Gasteiger partial charge >= 0.3 is 0 Å². The first-order valence-electron chi connectivity index (χ1n) is 6.16. The van der Waals surface area contributed by atoms with E-state index >= 15 is 0 Å². The Bertz CT molecular complexity index is 661. The maximum absolute atomic E-state index is 11.8. The van der Waals surface area contributed by atoms with Gasteiger partial charge in [-0.3, -0.25) is 14.6 Å². The van der Waals surface area contributed by atoms with E-state index in [9.17, 15) is 9.59 Å². The van der Waals surface area contributed by atoms with Crippen LogP contribution in [-0.2, 0) is 4.79 Å². The quantitative estimate of drug-likeness (QED) is 0.883. The summed E-state index contributed by atoms with van der Waals surface area (Å²) >= 11 is 3.39. The van der Waals surface area contributed by atoms with E-state index in [1.54, 1.807) is 6.07 Å². The summed E-state index contributed by atoms with van der Waals surface area (Å²) in [4.78, 5) is 31.1. The predicted octanol–water partition coefficient (Wildman–Crippen LogP) is 1.92. The molecule has 1 heterocycles. The number of nitrogens with zero attached hydrogens (tertiary/aromatic N) is 2. The largest absolute Gasteiger partial charge is 0.342 e. The molecule has 21 heavy (non-hydrogen) atoms. The first-order chi connectivity index (χ1) is 10.1. The number of hydrogen-bond donors (Lipinski definition) is 2.